The summed E-state index contributed by atoms with van der Waals surface area (Å²) in [5.74, 6) is 1.22. The molecule has 7 heteroatoms. The first-order valence-corrected chi connectivity index (χ1v) is 11.6. The minimum atomic E-state index is -0.149. The molecule has 0 saturated carbocycles. The Hall–Kier alpha value is -2.25. The molecule has 2 unspecified atom stereocenters. The molecule has 2 fully saturated rings. The first kappa shape index (κ1) is 22.0. The maximum absolute atomic E-state index is 13.1. The molecule has 1 aromatic carbocycles. The quantitative estimate of drug-likeness (QED) is 0.702. The normalized spacial score (nSPS) is 21.7. The van der Waals surface area contributed by atoms with Gasteiger partial charge >= 0.3 is 0 Å². The van der Waals surface area contributed by atoms with Crippen LogP contribution >= 0.6 is 0 Å². The molecule has 4 rings (SSSR count). The van der Waals surface area contributed by atoms with Crippen molar-refractivity contribution in [3.63, 3.8) is 0 Å². The monoisotopic (exact) mass is 426 g/mol. The maximum Gasteiger partial charge on any atom is 0.258 e. The molecule has 0 spiro atoms. The third kappa shape index (κ3) is 5.33. The number of para-hydroxylation sites is 1. The van der Waals surface area contributed by atoms with Gasteiger partial charge in [0.1, 0.15) is 5.82 Å². The van der Waals surface area contributed by atoms with Crippen LogP contribution in [0.15, 0.2) is 29.1 Å². The van der Waals surface area contributed by atoms with E-state index >= 15 is 0 Å². The summed E-state index contributed by atoms with van der Waals surface area (Å²) in [6.45, 7) is 4.35. The zero-order valence-electron chi connectivity index (χ0n) is 18.5. The van der Waals surface area contributed by atoms with E-state index in [0.29, 0.717) is 54.7 Å². The fourth-order valence-corrected chi connectivity index (χ4v) is 5.23. The third-order valence-electron chi connectivity index (χ3n) is 6.84. The number of carbonyl (C=O) groups excluding carboxylic acids is 1. The fourth-order valence-electron chi connectivity index (χ4n) is 5.23. The Kier molecular flexibility index (Phi) is 7.35. The van der Waals surface area contributed by atoms with Crippen molar-refractivity contribution in [2.24, 2.45) is 5.92 Å². The average molecular weight is 427 g/mol. The lowest BCUT2D eigenvalue weighted by Crippen LogP contribution is -2.52. The number of H-pyrrole nitrogens is 1. The Morgan fingerprint density at radius 3 is 2.94 bits per heavy atom. The summed E-state index contributed by atoms with van der Waals surface area (Å²) < 4.78 is 5.28. The van der Waals surface area contributed by atoms with E-state index in [1.54, 1.807) is 13.2 Å². The highest BCUT2D eigenvalue weighted by Gasteiger charge is 2.34. The highest BCUT2D eigenvalue weighted by Crippen LogP contribution is 2.31. The second-order valence-electron chi connectivity index (χ2n) is 8.86. The molecule has 0 bridgehead atoms. The number of nitrogens with one attached hydrogen (secondary N) is 1. The highest BCUT2D eigenvalue weighted by molar-refractivity contribution is 5.78. The summed E-state index contributed by atoms with van der Waals surface area (Å²) in [6, 6.07) is 7.91. The molecule has 2 aliphatic rings. The highest BCUT2D eigenvalue weighted by atomic mass is 16.5. The number of amides is 1. The van der Waals surface area contributed by atoms with Crippen molar-refractivity contribution in [3.8, 4) is 0 Å². The van der Waals surface area contributed by atoms with Gasteiger partial charge < -0.3 is 19.5 Å². The van der Waals surface area contributed by atoms with Crippen molar-refractivity contribution >= 4 is 16.8 Å². The van der Waals surface area contributed by atoms with E-state index in [4.69, 9.17) is 4.74 Å². The number of aryl methyl sites for hydroxylation is 1. The van der Waals surface area contributed by atoms with Gasteiger partial charge in [0, 0.05) is 39.1 Å². The van der Waals surface area contributed by atoms with Gasteiger partial charge in [0.25, 0.3) is 5.56 Å². The van der Waals surface area contributed by atoms with Crippen molar-refractivity contribution in [1.29, 1.82) is 0 Å². The third-order valence-corrected chi connectivity index (χ3v) is 6.84. The van der Waals surface area contributed by atoms with Crippen LogP contribution in [0, 0.1) is 5.92 Å². The minimum Gasteiger partial charge on any atom is -0.383 e. The molecule has 7 nitrogen and oxygen atoms in total. The van der Waals surface area contributed by atoms with Crippen molar-refractivity contribution in [2.45, 2.75) is 51.0 Å². The SMILES string of the molecule is COCCN(CC1CCCN2CCCCC12)C(=O)CCc1nc2ccccc2c(=O)[nH]1. The predicted octanol–water partition coefficient (Wildman–Crippen LogP) is 2.60. The van der Waals surface area contributed by atoms with Crippen LogP contribution in [-0.2, 0) is 16.0 Å². The van der Waals surface area contributed by atoms with Crippen molar-refractivity contribution < 1.29 is 9.53 Å². The van der Waals surface area contributed by atoms with Crippen molar-refractivity contribution in [3.05, 3.63) is 40.4 Å². The lowest BCUT2D eigenvalue weighted by molar-refractivity contribution is -0.133. The lowest BCUT2D eigenvalue weighted by Gasteiger charge is -2.45. The van der Waals surface area contributed by atoms with Crippen LogP contribution in [0.25, 0.3) is 10.9 Å². The van der Waals surface area contributed by atoms with Crippen LogP contribution in [-0.4, -0.2) is 71.6 Å². The molecule has 1 aromatic heterocycles. The molecule has 1 amide bonds. The topological polar surface area (TPSA) is 78.5 Å². The van der Waals surface area contributed by atoms with E-state index in [1.165, 1.54) is 45.2 Å². The number of nitrogens with zero attached hydrogens (tertiary/aromatic N) is 3. The molecular weight excluding hydrogens is 392 g/mol. The standard InChI is InChI=1S/C24H34N4O3/c1-31-16-15-28(17-18-7-6-14-27-13-5-4-10-21(18)27)23(29)12-11-22-25-20-9-3-2-8-19(20)24(30)26-22/h2-3,8-9,18,21H,4-7,10-17H2,1H3,(H,25,26,30). The molecule has 31 heavy (non-hydrogen) atoms. The number of carbonyl (C=O) groups is 1. The summed E-state index contributed by atoms with van der Waals surface area (Å²) in [7, 11) is 1.68. The van der Waals surface area contributed by atoms with Gasteiger partial charge in [-0.1, -0.05) is 18.6 Å². The second-order valence-corrected chi connectivity index (χ2v) is 8.86. The number of piperidine rings is 2. The molecular formula is C24H34N4O3. The summed E-state index contributed by atoms with van der Waals surface area (Å²) in [4.78, 5) is 37.4. The van der Waals surface area contributed by atoms with Crippen LogP contribution in [0.4, 0.5) is 0 Å². The Morgan fingerprint density at radius 1 is 1.23 bits per heavy atom. The number of benzene rings is 1. The van der Waals surface area contributed by atoms with Gasteiger partial charge in [0.05, 0.1) is 17.5 Å². The smallest absolute Gasteiger partial charge is 0.258 e. The largest absolute Gasteiger partial charge is 0.383 e. The average Bonchev–Trinajstić information content (AvgIpc) is 2.80. The second kappa shape index (κ2) is 10.4. The Morgan fingerprint density at radius 2 is 2.06 bits per heavy atom. The molecule has 2 saturated heterocycles. The number of aromatic nitrogens is 2. The first-order valence-electron chi connectivity index (χ1n) is 11.6. The van der Waals surface area contributed by atoms with E-state index < -0.39 is 0 Å². The Balaban J connectivity index is 1.41. The van der Waals surface area contributed by atoms with E-state index in [-0.39, 0.29) is 11.5 Å². The number of hydrogen-bond acceptors (Lipinski definition) is 5. The van der Waals surface area contributed by atoms with Crippen LogP contribution < -0.4 is 5.56 Å². The maximum atomic E-state index is 13.1. The van der Waals surface area contributed by atoms with Crippen molar-refractivity contribution in [2.75, 3.05) is 39.9 Å². The number of ether oxygens (including phenoxy) is 1. The van der Waals surface area contributed by atoms with Crippen molar-refractivity contribution in [1.82, 2.24) is 19.8 Å². The van der Waals surface area contributed by atoms with E-state index in [1.807, 2.05) is 23.1 Å². The van der Waals surface area contributed by atoms with Crippen LogP contribution in [0.2, 0.25) is 0 Å². The summed E-state index contributed by atoms with van der Waals surface area (Å²) >= 11 is 0. The van der Waals surface area contributed by atoms with E-state index in [9.17, 15) is 9.59 Å². The summed E-state index contributed by atoms with van der Waals surface area (Å²) in [5, 5.41) is 0.577. The number of aromatic amines is 1. The predicted molar refractivity (Wildman–Crippen MR) is 121 cm³/mol. The molecule has 1 N–H and O–H groups in total. The Labute approximate surface area is 183 Å². The van der Waals surface area contributed by atoms with Gasteiger partial charge in [-0.15, -0.1) is 0 Å². The van der Waals surface area contributed by atoms with E-state index in [0.717, 1.165) is 6.54 Å². The molecule has 168 valence electrons. The number of methoxy groups -OCH3 is 1. The molecule has 2 atom stereocenters. The van der Waals surface area contributed by atoms with Gasteiger partial charge in [-0.3, -0.25) is 9.59 Å². The minimum absolute atomic E-state index is 0.112. The summed E-state index contributed by atoms with van der Waals surface area (Å²) in [5.41, 5.74) is 0.522. The first-order chi connectivity index (χ1) is 15.2. The number of rotatable bonds is 8. The van der Waals surface area contributed by atoms with E-state index in [2.05, 4.69) is 14.9 Å². The summed E-state index contributed by atoms with van der Waals surface area (Å²) in [6.07, 6.45) is 7.03. The number of hydrogen-bond donors (Lipinski definition) is 1. The molecule has 0 radical (unpaired) electrons. The van der Waals surface area contributed by atoms with Crippen LogP contribution in [0.5, 0.6) is 0 Å². The van der Waals surface area contributed by atoms with Gasteiger partial charge in [-0.25, -0.2) is 4.98 Å². The zero-order chi connectivity index (χ0) is 21.6. The lowest BCUT2D eigenvalue weighted by atomic mass is 9.83. The number of fused-ring (bicyclic) bond motifs is 2. The molecule has 3 heterocycles. The van der Waals surface area contributed by atoms with Gasteiger partial charge in [0.2, 0.25) is 5.91 Å². The zero-order valence-corrected chi connectivity index (χ0v) is 18.5. The molecule has 2 aliphatic heterocycles. The Bertz CT molecular complexity index is 942. The van der Waals surface area contributed by atoms with Crippen LogP contribution in [0.1, 0.15) is 44.3 Å². The fraction of sp³-hybridized carbons (Fsp3) is 0.625. The van der Waals surface area contributed by atoms with Crippen LogP contribution in [0.3, 0.4) is 0 Å². The van der Waals surface area contributed by atoms with Gasteiger partial charge in [-0.2, -0.15) is 0 Å². The van der Waals surface area contributed by atoms with Gasteiger partial charge in [0.15, 0.2) is 0 Å². The molecule has 2 aromatic rings. The molecule has 0 aliphatic carbocycles. The van der Waals surface area contributed by atoms with Gasteiger partial charge in [-0.05, 0) is 56.8 Å².